The van der Waals surface area contributed by atoms with E-state index in [-0.39, 0.29) is 4.92 Å². The van der Waals surface area contributed by atoms with Gasteiger partial charge in [-0.05, 0) is 22.4 Å². The molecular weight excluding hydrogens is 428 g/mol. The Morgan fingerprint density at radius 1 is 0.964 bits per heavy atom. The Balaban J connectivity index is 1.53. The topological polar surface area (TPSA) is 87.9 Å². The molecule has 0 bridgehead atoms. The SMILES string of the molecule is O=[N+]([O-])C1=CC(N2CCN(c3ncc(Br)cn3)CC2)=C(N2CCOCC2)CC1. The van der Waals surface area contributed by atoms with E-state index in [4.69, 9.17) is 4.74 Å². The molecular formula is C18H23BrN6O3. The van der Waals surface area contributed by atoms with E-state index in [2.05, 4.69) is 40.6 Å². The monoisotopic (exact) mass is 450 g/mol. The average molecular weight is 451 g/mol. The number of ether oxygens (including phenoxy) is 1. The van der Waals surface area contributed by atoms with Crippen molar-refractivity contribution in [2.24, 2.45) is 0 Å². The van der Waals surface area contributed by atoms with Crippen molar-refractivity contribution in [2.75, 3.05) is 57.4 Å². The van der Waals surface area contributed by atoms with Gasteiger partial charge in [0.05, 0.1) is 28.3 Å². The van der Waals surface area contributed by atoms with E-state index < -0.39 is 0 Å². The van der Waals surface area contributed by atoms with Gasteiger partial charge in [-0.25, -0.2) is 9.97 Å². The third-order valence-corrected chi connectivity index (χ3v) is 5.76. The summed E-state index contributed by atoms with van der Waals surface area (Å²) in [5.74, 6) is 0.718. The van der Waals surface area contributed by atoms with Gasteiger partial charge in [0, 0.05) is 69.9 Å². The van der Waals surface area contributed by atoms with Gasteiger partial charge in [-0.2, -0.15) is 0 Å². The highest BCUT2D eigenvalue weighted by Crippen LogP contribution is 2.30. The van der Waals surface area contributed by atoms with Crippen molar-refractivity contribution in [2.45, 2.75) is 12.8 Å². The molecule has 150 valence electrons. The lowest BCUT2D eigenvalue weighted by Gasteiger charge is -2.40. The van der Waals surface area contributed by atoms with E-state index in [1.165, 1.54) is 5.70 Å². The molecule has 1 aromatic heterocycles. The summed E-state index contributed by atoms with van der Waals surface area (Å²) in [4.78, 5) is 26.6. The van der Waals surface area contributed by atoms with E-state index in [9.17, 15) is 10.1 Å². The number of halogens is 1. The zero-order valence-corrected chi connectivity index (χ0v) is 17.2. The van der Waals surface area contributed by atoms with Crippen LogP contribution < -0.4 is 4.90 Å². The van der Waals surface area contributed by atoms with Crippen molar-refractivity contribution in [1.29, 1.82) is 0 Å². The molecule has 0 unspecified atom stereocenters. The fourth-order valence-electron chi connectivity index (χ4n) is 3.88. The van der Waals surface area contributed by atoms with Crippen LogP contribution in [0.4, 0.5) is 5.95 Å². The molecule has 2 aliphatic heterocycles. The van der Waals surface area contributed by atoms with Crippen molar-refractivity contribution in [3.63, 3.8) is 0 Å². The quantitative estimate of drug-likeness (QED) is 0.507. The average Bonchev–Trinajstić information content (AvgIpc) is 2.74. The summed E-state index contributed by atoms with van der Waals surface area (Å²) in [6.45, 7) is 6.22. The van der Waals surface area contributed by atoms with Gasteiger partial charge >= 0.3 is 0 Å². The molecule has 2 saturated heterocycles. The maximum Gasteiger partial charge on any atom is 0.248 e. The molecule has 3 aliphatic rings. The van der Waals surface area contributed by atoms with Gasteiger partial charge in [0.1, 0.15) is 0 Å². The van der Waals surface area contributed by atoms with Crippen molar-refractivity contribution in [3.8, 4) is 0 Å². The third kappa shape index (κ3) is 4.12. The zero-order chi connectivity index (χ0) is 19.5. The number of piperazine rings is 1. The number of hydrogen-bond donors (Lipinski definition) is 0. The highest BCUT2D eigenvalue weighted by atomic mass is 79.9. The number of hydrogen-bond acceptors (Lipinski definition) is 8. The number of morpholine rings is 1. The second-order valence-electron chi connectivity index (χ2n) is 7.00. The summed E-state index contributed by atoms with van der Waals surface area (Å²) in [6, 6.07) is 0. The van der Waals surface area contributed by atoms with Crippen molar-refractivity contribution in [3.05, 3.63) is 50.1 Å². The fraction of sp³-hybridized carbons (Fsp3) is 0.556. The predicted molar refractivity (Wildman–Crippen MR) is 107 cm³/mol. The van der Waals surface area contributed by atoms with E-state index in [1.54, 1.807) is 18.5 Å². The van der Waals surface area contributed by atoms with Gasteiger partial charge in [-0.3, -0.25) is 10.1 Å². The molecule has 1 aromatic rings. The second-order valence-corrected chi connectivity index (χ2v) is 7.92. The first-order valence-corrected chi connectivity index (χ1v) is 10.3. The largest absolute Gasteiger partial charge is 0.378 e. The van der Waals surface area contributed by atoms with Crippen LogP contribution in [-0.2, 0) is 4.74 Å². The van der Waals surface area contributed by atoms with Gasteiger partial charge in [-0.15, -0.1) is 0 Å². The van der Waals surface area contributed by atoms with Crippen LogP contribution in [0.1, 0.15) is 12.8 Å². The lowest BCUT2D eigenvalue weighted by molar-refractivity contribution is -0.428. The minimum atomic E-state index is -0.248. The Bertz CT molecular complexity index is 783. The summed E-state index contributed by atoms with van der Waals surface area (Å²) in [6.07, 6.45) is 6.47. The lowest BCUT2D eigenvalue weighted by atomic mass is 10.0. The minimum Gasteiger partial charge on any atom is -0.378 e. The Morgan fingerprint density at radius 3 is 2.25 bits per heavy atom. The van der Waals surface area contributed by atoms with Crippen LogP contribution in [0.25, 0.3) is 0 Å². The number of nitrogens with zero attached hydrogens (tertiary/aromatic N) is 6. The lowest BCUT2D eigenvalue weighted by Crippen LogP contribution is -2.48. The van der Waals surface area contributed by atoms with Gasteiger partial charge in [-0.1, -0.05) is 0 Å². The first kappa shape index (κ1) is 19.1. The molecule has 0 amide bonds. The minimum absolute atomic E-state index is 0.248. The van der Waals surface area contributed by atoms with Crippen molar-refractivity contribution < 1.29 is 9.66 Å². The Hall–Kier alpha value is -2.20. The fourth-order valence-corrected chi connectivity index (χ4v) is 4.08. The molecule has 0 radical (unpaired) electrons. The maximum atomic E-state index is 11.4. The maximum absolute atomic E-state index is 11.4. The predicted octanol–water partition coefficient (Wildman–Crippen LogP) is 1.86. The van der Waals surface area contributed by atoms with Gasteiger partial charge in [0.25, 0.3) is 0 Å². The number of anilines is 1. The van der Waals surface area contributed by atoms with Crippen LogP contribution in [0.15, 0.2) is 40.0 Å². The summed E-state index contributed by atoms with van der Waals surface area (Å²) in [7, 11) is 0. The molecule has 9 nitrogen and oxygen atoms in total. The Morgan fingerprint density at radius 2 is 1.61 bits per heavy atom. The van der Waals surface area contributed by atoms with E-state index in [0.717, 1.165) is 55.4 Å². The molecule has 1 aliphatic carbocycles. The molecule has 10 heteroatoms. The summed E-state index contributed by atoms with van der Waals surface area (Å²) in [5, 5.41) is 11.4. The normalized spacial score (nSPS) is 21.0. The molecule has 2 fully saturated rings. The summed E-state index contributed by atoms with van der Waals surface area (Å²) in [5.41, 5.74) is 2.50. The smallest absolute Gasteiger partial charge is 0.248 e. The van der Waals surface area contributed by atoms with Gasteiger partial charge in [0.2, 0.25) is 11.6 Å². The molecule has 28 heavy (non-hydrogen) atoms. The summed E-state index contributed by atoms with van der Waals surface area (Å²) < 4.78 is 6.33. The highest BCUT2D eigenvalue weighted by molar-refractivity contribution is 9.10. The molecule has 3 heterocycles. The Labute approximate surface area is 171 Å². The first-order chi connectivity index (χ1) is 13.6. The molecule has 4 rings (SSSR count). The molecule has 0 N–H and O–H groups in total. The van der Waals surface area contributed by atoms with Crippen LogP contribution in [0.3, 0.4) is 0 Å². The second kappa shape index (κ2) is 8.44. The Kier molecular flexibility index (Phi) is 5.77. The highest BCUT2D eigenvalue weighted by Gasteiger charge is 2.30. The number of aromatic nitrogens is 2. The third-order valence-electron chi connectivity index (χ3n) is 5.35. The number of rotatable bonds is 4. The standard InChI is InChI=1S/C18H23BrN6O3/c19-14-12-20-18(21-13-14)24-5-3-22(4-6-24)17-11-15(25(26)27)1-2-16(17)23-7-9-28-10-8-23/h11-13H,1-10H2. The van der Waals surface area contributed by atoms with Crippen LogP contribution >= 0.6 is 15.9 Å². The first-order valence-electron chi connectivity index (χ1n) is 9.50. The number of allylic oxidation sites excluding steroid dienone is 3. The zero-order valence-electron chi connectivity index (χ0n) is 15.6. The van der Waals surface area contributed by atoms with E-state index >= 15 is 0 Å². The summed E-state index contributed by atoms with van der Waals surface area (Å²) >= 11 is 3.36. The van der Waals surface area contributed by atoms with Crippen LogP contribution in [0, 0.1) is 10.1 Å². The van der Waals surface area contributed by atoms with Gasteiger partial charge in [0.15, 0.2) is 0 Å². The molecule has 0 aromatic carbocycles. The molecule has 0 spiro atoms. The molecule has 0 saturated carbocycles. The van der Waals surface area contributed by atoms with Crippen molar-refractivity contribution >= 4 is 21.9 Å². The van der Waals surface area contributed by atoms with E-state index in [0.29, 0.717) is 31.8 Å². The van der Waals surface area contributed by atoms with Gasteiger partial charge < -0.3 is 19.4 Å². The number of nitro groups is 1. The van der Waals surface area contributed by atoms with Crippen LogP contribution in [0.2, 0.25) is 0 Å². The van der Waals surface area contributed by atoms with E-state index in [1.807, 2.05) is 0 Å². The van der Waals surface area contributed by atoms with Crippen molar-refractivity contribution in [1.82, 2.24) is 19.8 Å². The van der Waals surface area contributed by atoms with Crippen LogP contribution in [-0.4, -0.2) is 77.2 Å². The molecule has 0 atom stereocenters. The van der Waals surface area contributed by atoms with Crippen LogP contribution in [0.5, 0.6) is 0 Å².